The van der Waals surface area contributed by atoms with E-state index in [1.165, 1.54) is 0 Å². The Morgan fingerprint density at radius 2 is 0.863 bits per heavy atom. The highest BCUT2D eigenvalue weighted by molar-refractivity contribution is 5.95. The van der Waals surface area contributed by atoms with Crippen LogP contribution < -0.4 is 0 Å². The van der Waals surface area contributed by atoms with Crippen LogP contribution in [0.25, 0.3) is 61.3 Å². The van der Waals surface area contributed by atoms with Crippen LogP contribution in [0.1, 0.15) is 22.3 Å². The second-order valence-electron chi connectivity index (χ2n) is 12.7. The SMILES string of the molecule is [C-]#[N+]c1cccc2c1-c1ccc(-c3cccc(-c4nc(-c5ccccc5)nc(-c5ccccc5)n4)c3)cc1C2(c1ccccc1)c1ccccc1. The Labute approximate surface area is 297 Å². The van der Waals surface area contributed by atoms with Gasteiger partial charge in [-0.1, -0.05) is 170 Å². The van der Waals surface area contributed by atoms with Crippen LogP contribution in [-0.4, -0.2) is 15.0 Å². The number of hydrogen-bond donors (Lipinski definition) is 0. The Kier molecular flexibility index (Phi) is 7.38. The van der Waals surface area contributed by atoms with Crippen molar-refractivity contribution in [3.05, 3.63) is 216 Å². The lowest BCUT2D eigenvalue weighted by molar-refractivity contribution is 0.769. The Morgan fingerprint density at radius 1 is 0.392 bits per heavy atom. The van der Waals surface area contributed by atoms with E-state index in [0.717, 1.165) is 61.2 Å². The van der Waals surface area contributed by atoms with E-state index in [-0.39, 0.29) is 0 Å². The zero-order valence-corrected chi connectivity index (χ0v) is 27.6. The van der Waals surface area contributed by atoms with Crippen LogP contribution in [-0.2, 0) is 5.41 Å². The minimum Gasteiger partial charge on any atom is -0.238 e. The molecule has 0 saturated carbocycles. The maximum absolute atomic E-state index is 8.12. The molecular formula is C47H30N4. The van der Waals surface area contributed by atoms with Crippen molar-refractivity contribution >= 4 is 5.69 Å². The van der Waals surface area contributed by atoms with E-state index in [0.29, 0.717) is 23.2 Å². The Balaban J connectivity index is 1.24. The minimum atomic E-state index is -0.606. The summed E-state index contributed by atoms with van der Waals surface area (Å²) in [5.74, 6) is 1.88. The number of hydrogen-bond acceptors (Lipinski definition) is 3. The molecule has 4 nitrogen and oxygen atoms in total. The summed E-state index contributed by atoms with van der Waals surface area (Å²) in [5, 5.41) is 0. The van der Waals surface area contributed by atoms with Gasteiger partial charge in [0.1, 0.15) is 0 Å². The molecule has 238 valence electrons. The van der Waals surface area contributed by atoms with Gasteiger partial charge in [-0.3, -0.25) is 0 Å². The van der Waals surface area contributed by atoms with E-state index in [2.05, 4.69) is 114 Å². The summed E-state index contributed by atoms with van der Waals surface area (Å²) in [6.45, 7) is 8.12. The van der Waals surface area contributed by atoms with Crippen molar-refractivity contribution in [2.45, 2.75) is 5.41 Å². The van der Waals surface area contributed by atoms with E-state index in [1.54, 1.807) is 0 Å². The largest absolute Gasteiger partial charge is 0.238 e. The third-order valence-corrected chi connectivity index (χ3v) is 9.83. The standard InChI is InChI=1S/C47H30N4/c1-48-42-27-15-26-40-43(42)39-29-28-35(31-41(39)47(40,37-22-10-4-11-23-37)38-24-12-5-13-25-38)34-20-14-21-36(30-34)46-50-44(32-16-6-2-7-17-32)49-45(51-46)33-18-8-3-9-19-33/h2-31H. The molecule has 0 unspecified atom stereocenters. The summed E-state index contributed by atoms with van der Waals surface area (Å²) in [7, 11) is 0. The molecular weight excluding hydrogens is 621 g/mol. The molecule has 0 fully saturated rings. The van der Waals surface area contributed by atoms with Crippen LogP contribution in [0.15, 0.2) is 182 Å². The molecule has 7 aromatic carbocycles. The molecule has 0 aliphatic heterocycles. The van der Waals surface area contributed by atoms with Crippen molar-refractivity contribution in [2.75, 3.05) is 0 Å². The van der Waals surface area contributed by atoms with Gasteiger partial charge in [0.05, 0.1) is 12.0 Å². The van der Waals surface area contributed by atoms with Crippen LogP contribution in [0.4, 0.5) is 5.69 Å². The van der Waals surface area contributed by atoms with Crippen LogP contribution >= 0.6 is 0 Å². The molecule has 1 aliphatic rings. The lowest BCUT2D eigenvalue weighted by Crippen LogP contribution is -2.28. The van der Waals surface area contributed by atoms with E-state index < -0.39 is 5.41 Å². The van der Waals surface area contributed by atoms with Crippen LogP contribution in [0, 0.1) is 6.57 Å². The van der Waals surface area contributed by atoms with Gasteiger partial charge in [-0.25, -0.2) is 19.8 Å². The van der Waals surface area contributed by atoms with Gasteiger partial charge in [-0.15, -0.1) is 0 Å². The van der Waals surface area contributed by atoms with E-state index in [1.807, 2.05) is 72.8 Å². The highest BCUT2D eigenvalue weighted by Crippen LogP contribution is 2.59. The van der Waals surface area contributed by atoms with Gasteiger partial charge in [0.15, 0.2) is 23.2 Å². The molecule has 4 heteroatoms. The van der Waals surface area contributed by atoms with Gasteiger partial charge in [0, 0.05) is 16.7 Å². The van der Waals surface area contributed by atoms with Crippen molar-refractivity contribution in [1.82, 2.24) is 15.0 Å². The number of rotatable bonds is 6. The predicted molar refractivity (Wildman–Crippen MR) is 205 cm³/mol. The van der Waals surface area contributed by atoms with Crippen molar-refractivity contribution < 1.29 is 0 Å². The predicted octanol–water partition coefficient (Wildman–Crippen LogP) is 11.5. The quantitative estimate of drug-likeness (QED) is 0.168. The van der Waals surface area contributed by atoms with Crippen LogP contribution in [0.3, 0.4) is 0 Å². The third-order valence-electron chi connectivity index (χ3n) is 9.83. The van der Waals surface area contributed by atoms with E-state index >= 15 is 0 Å². The summed E-state index contributed by atoms with van der Waals surface area (Å²) in [6, 6.07) is 62.7. The van der Waals surface area contributed by atoms with Gasteiger partial charge >= 0.3 is 0 Å². The third kappa shape index (κ3) is 5.03. The fourth-order valence-corrected chi connectivity index (χ4v) is 7.57. The second-order valence-corrected chi connectivity index (χ2v) is 12.7. The molecule has 9 rings (SSSR count). The summed E-state index contributed by atoms with van der Waals surface area (Å²) in [6.07, 6.45) is 0. The molecule has 0 amide bonds. The fourth-order valence-electron chi connectivity index (χ4n) is 7.57. The Hall–Kier alpha value is -6.96. The van der Waals surface area contributed by atoms with Gasteiger partial charge in [-0.05, 0) is 56.6 Å². The average Bonchev–Trinajstić information content (AvgIpc) is 3.52. The minimum absolute atomic E-state index is 0.606. The normalized spacial score (nSPS) is 12.5. The summed E-state index contributed by atoms with van der Waals surface area (Å²) < 4.78 is 0. The monoisotopic (exact) mass is 650 g/mol. The van der Waals surface area contributed by atoms with Crippen molar-refractivity contribution in [2.24, 2.45) is 0 Å². The molecule has 1 aliphatic carbocycles. The van der Waals surface area contributed by atoms with Crippen molar-refractivity contribution in [1.29, 1.82) is 0 Å². The molecule has 1 heterocycles. The first-order valence-electron chi connectivity index (χ1n) is 17.0. The smallest absolute Gasteiger partial charge is 0.195 e. The molecule has 1 aromatic heterocycles. The highest BCUT2D eigenvalue weighted by Gasteiger charge is 2.46. The van der Waals surface area contributed by atoms with Gasteiger partial charge < -0.3 is 0 Å². The maximum atomic E-state index is 8.12. The van der Waals surface area contributed by atoms with Crippen LogP contribution in [0.2, 0.25) is 0 Å². The number of fused-ring (bicyclic) bond motifs is 3. The van der Waals surface area contributed by atoms with Crippen molar-refractivity contribution in [3.63, 3.8) is 0 Å². The molecule has 0 radical (unpaired) electrons. The summed E-state index contributed by atoms with van der Waals surface area (Å²) in [4.78, 5) is 18.9. The second kappa shape index (κ2) is 12.5. The van der Waals surface area contributed by atoms with E-state index in [9.17, 15) is 0 Å². The van der Waals surface area contributed by atoms with E-state index in [4.69, 9.17) is 21.5 Å². The molecule has 51 heavy (non-hydrogen) atoms. The topological polar surface area (TPSA) is 43.0 Å². The summed E-state index contributed by atoms with van der Waals surface area (Å²) in [5.41, 5.74) is 11.7. The molecule has 0 N–H and O–H groups in total. The first-order chi connectivity index (χ1) is 25.2. The fraction of sp³-hybridized carbons (Fsp3) is 0.0213. The van der Waals surface area contributed by atoms with Gasteiger partial charge in [0.25, 0.3) is 0 Å². The Morgan fingerprint density at radius 3 is 1.43 bits per heavy atom. The first-order valence-corrected chi connectivity index (χ1v) is 17.0. The van der Waals surface area contributed by atoms with Gasteiger partial charge in [-0.2, -0.15) is 0 Å². The Bertz CT molecular complexity index is 2480. The number of benzene rings is 7. The molecule has 0 bridgehead atoms. The molecule has 0 saturated heterocycles. The first kappa shape index (κ1) is 30.1. The lowest BCUT2D eigenvalue weighted by Gasteiger charge is -2.34. The molecule has 0 atom stereocenters. The van der Waals surface area contributed by atoms with Crippen molar-refractivity contribution in [3.8, 4) is 56.4 Å². The lowest BCUT2D eigenvalue weighted by atomic mass is 9.67. The number of aromatic nitrogens is 3. The van der Waals surface area contributed by atoms with Crippen LogP contribution in [0.5, 0.6) is 0 Å². The maximum Gasteiger partial charge on any atom is 0.195 e. The zero-order chi connectivity index (χ0) is 34.2. The van der Waals surface area contributed by atoms with Gasteiger partial charge in [0.2, 0.25) is 0 Å². The summed E-state index contributed by atoms with van der Waals surface area (Å²) >= 11 is 0. The highest BCUT2D eigenvalue weighted by atomic mass is 15.0. The molecule has 0 spiro atoms. The molecule has 8 aromatic rings. The average molecular weight is 651 g/mol. The number of nitrogens with zero attached hydrogens (tertiary/aromatic N) is 4. The zero-order valence-electron chi connectivity index (χ0n) is 27.6.